The monoisotopic (exact) mass is 428 g/mol. The van der Waals surface area contributed by atoms with Crippen molar-refractivity contribution >= 4 is 39.3 Å². The molecule has 140 valence electrons. The summed E-state index contributed by atoms with van der Waals surface area (Å²) in [5.41, 5.74) is 2.25. The van der Waals surface area contributed by atoms with E-state index in [1.54, 1.807) is 30.3 Å². The van der Waals surface area contributed by atoms with Crippen LogP contribution in [0.2, 0.25) is 0 Å². The summed E-state index contributed by atoms with van der Waals surface area (Å²) in [5, 5.41) is 2.88. The van der Waals surface area contributed by atoms with Crippen LogP contribution in [0, 0.1) is 12.8 Å². The fourth-order valence-electron chi connectivity index (χ4n) is 3.25. The number of aryl methyl sites for hydroxylation is 1. The van der Waals surface area contributed by atoms with E-state index in [1.807, 2.05) is 32.9 Å². The van der Waals surface area contributed by atoms with Gasteiger partial charge >= 0.3 is 0 Å². The molecule has 0 spiro atoms. The molecular weight excluding hydrogens is 408 g/mol. The van der Waals surface area contributed by atoms with Gasteiger partial charge in [-0.2, -0.15) is 0 Å². The van der Waals surface area contributed by atoms with Crippen LogP contribution in [0.25, 0.3) is 0 Å². The molecule has 0 aliphatic carbocycles. The number of hydrogen-bond acceptors (Lipinski definition) is 3. The Morgan fingerprint density at radius 1 is 1.07 bits per heavy atom. The zero-order valence-electron chi connectivity index (χ0n) is 15.5. The summed E-state index contributed by atoms with van der Waals surface area (Å²) in [6.07, 6.45) is 0.396. The molecule has 6 heteroatoms. The second-order valence-corrected chi connectivity index (χ2v) is 8.04. The van der Waals surface area contributed by atoms with Gasteiger partial charge in [-0.05, 0) is 55.2 Å². The summed E-state index contributed by atoms with van der Waals surface area (Å²) in [6.45, 7) is 5.81. The van der Waals surface area contributed by atoms with Gasteiger partial charge in [0.1, 0.15) is 6.04 Å². The molecule has 0 saturated heterocycles. The number of anilines is 1. The maximum atomic E-state index is 13.0. The van der Waals surface area contributed by atoms with E-state index in [4.69, 9.17) is 0 Å². The summed E-state index contributed by atoms with van der Waals surface area (Å²) in [6, 6.07) is 11.4. The Balaban J connectivity index is 1.91. The molecular formula is C21H21BrN2O3. The lowest BCUT2D eigenvalue weighted by atomic mass is 10.0. The van der Waals surface area contributed by atoms with Gasteiger partial charge in [0.2, 0.25) is 5.91 Å². The molecule has 0 fully saturated rings. The van der Waals surface area contributed by atoms with Crippen molar-refractivity contribution < 1.29 is 14.4 Å². The molecule has 1 heterocycles. The number of amides is 3. The number of rotatable bonds is 5. The van der Waals surface area contributed by atoms with Gasteiger partial charge in [-0.1, -0.05) is 41.9 Å². The molecule has 2 aromatic rings. The molecule has 5 nitrogen and oxygen atoms in total. The number of fused-ring (bicyclic) bond motifs is 1. The number of nitrogens with zero attached hydrogens (tertiary/aromatic N) is 1. The number of hydrogen-bond donors (Lipinski definition) is 1. The van der Waals surface area contributed by atoms with Crippen LogP contribution < -0.4 is 5.32 Å². The van der Waals surface area contributed by atoms with E-state index in [0.29, 0.717) is 23.2 Å². The number of imide groups is 1. The first kappa shape index (κ1) is 19.3. The van der Waals surface area contributed by atoms with Crippen molar-refractivity contribution in [2.24, 2.45) is 5.92 Å². The Kier molecular flexibility index (Phi) is 5.46. The Morgan fingerprint density at radius 2 is 1.67 bits per heavy atom. The molecule has 3 rings (SSSR count). The van der Waals surface area contributed by atoms with Crippen molar-refractivity contribution in [1.29, 1.82) is 0 Å². The first-order valence-corrected chi connectivity index (χ1v) is 9.63. The molecule has 1 aliphatic heterocycles. The van der Waals surface area contributed by atoms with Crippen molar-refractivity contribution in [3.05, 3.63) is 63.6 Å². The highest BCUT2D eigenvalue weighted by molar-refractivity contribution is 9.10. The number of carbonyl (C=O) groups excluding carboxylic acids is 3. The molecule has 2 aromatic carbocycles. The van der Waals surface area contributed by atoms with Crippen molar-refractivity contribution in [3.8, 4) is 0 Å². The van der Waals surface area contributed by atoms with E-state index in [9.17, 15) is 14.4 Å². The smallest absolute Gasteiger partial charge is 0.262 e. The maximum Gasteiger partial charge on any atom is 0.262 e. The Labute approximate surface area is 166 Å². The lowest BCUT2D eigenvalue weighted by Crippen LogP contribution is -2.48. The lowest BCUT2D eigenvalue weighted by molar-refractivity contribution is -0.120. The van der Waals surface area contributed by atoms with Gasteiger partial charge in [0.15, 0.2) is 0 Å². The summed E-state index contributed by atoms with van der Waals surface area (Å²) in [5.74, 6) is -1.05. The normalized spacial score (nSPS) is 14.5. The minimum atomic E-state index is -0.861. The van der Waals surface area contributed by atoms with Gasteiger partial charge in [-0.15, -0.1) is 0 Å². The number of halogens is 1. The minimum absolute atomic E-state index is 0.135. The minimum Gasteiger partial charge on any atom is -0.324 e. The Bertz CT molecular complexity index is 888. The second kappa shape index (κ2) is 7.64. The van der Waals surface area contributed by atoms with Crippen LogP contribution in [0.4, 0.5) is 5.69 Å². The van der Waals surface area contributed by atoms with Crippen LogP contribution >= 0.6 is 15.9 Å². The second-order valence-electron chi connectivity index (χ2n) is 7.12. The predicted octanol–water partition coefficient (Wildman–Crippen LogP) is 4.41. The van der Waals surface area contributed by atoms with Crippen LogP contribution in [0.5, 0.6) is 0 Å². The highest BCUT2D eigenvalue weighted by Crippen LogP contribution is 2.28. The molecule has 27 heavy (non-hydrogen) atoms. The lowest BCUT2D eigenvalue weighted by Gasteiger charge is -2.27. The Hall–Kier alpha value is -2.47. The third kappa shape index (κ3) is 3.81. The average molecular weight is 429 g/mol. The molecule has 1 unspecified atom stereocenters. The summed E-state index contributed by atoms with van der Waals surface area (Å²) < 4.78 is 0.914. The van der Waals surface area contributed by atoms with E-state index >= 15 is 0 Å². The van der Waals surface area contributed by atoms with Gasteiger partial charge in [0, 0.05) is 10.2 Å². The third-order valence-electron chi connectivity index (χ3n) is 4.58. The topological polar surface area (TPSA) is 66.5 Å². The highest BCUT2D eigenvalue weighted by Gasteiger charge is 2.42. The highest BCUT2D eigenvalue weighted by atomic mass is 79.9. The van der Waals surface area contributed by atoms with Gasteiger partial charge in [0.05, 0.1) is 11.1 Å². The fraction of sp³-hybridized carbons (Fsp3) is 0.286. The van der Waals surface area contributed by atoms with E-state index in [0.717, 1.165) is 14.9 Å². The number of benzene rings is 2. The van der Waals surface area contributed by atoms with E-state index in [2.05, 4.69) is 21.2 Å². The van der Waals surface area contributed by atoms with E-state index < -0.39 is 17.9 Å². The fourth-order valence-corrected chi connectivity index (χ4v) is 3.73. The number of carbonyl (C=O) groups is 3. The summed E-state index contributed by atoms with van der Waals surface area (Å²) in [7, 11) is 0. The molecule has 0 radical (unpaired) electrons. The van der Waals surface area contributed by atoms with E-state index in [1.165, 1.54) is 0 Å². The van der Waals surface area contributed by atoms with Crippen molar-refractivity contribution in [2.75, 3.05) is 5.32 Å². The molecule has 0 saturated carbocycles. The maximum absolute atomic E-state index is 13.0. The molecule has 1 aliphatic rings. The zero-order valence-corrected chi connectivity index (χ0v) is 17.0. The molecule has 1 atom stereocenters. The molecule has 0 bridgehead atoms. The number of nitrogens with one attached hydrogen (secondary N) is 1. The van der Waals surface area contributed by atoms with Crippen LogP contribution in [0.1, 0.15) is 46.5 Å². The SMILES string of the molecule is Cc1cc(Br)ccc1NC(=O)C(CC(C)C)N1C(=O)c2ccccc2C1=O. The molecule has 1 N–H and O–H groups in total. The van der Waals surface area contributed by atoms with Gasteiger partial charge in [0.25, 0.3) is 11.8 Å². The van der Waals surface area contributed by atoms with Gasteiger partial charge in [-0.3, -0.25) is 19.3 Å². The van der Waals surface area contributed by atoms with Crippen LogP contribution in [0.15, 0.2) is 46.9 Å². The summed E-state index contributed by atoms with van der Waals surface area (Å²) >= 11 is 3.40. The molecule has 0 aromatic heterocycles. The first-order chi connectivity index (χ1) is 12.8. The quantitative estimate of drug-likeness (QED) is 0.717. The van der Waals surface area contributed by atoms with Crippen LogP contribution in [-0.4, -0.2) is 28.7 Å². The van der Waals surface area contributed by atoms with Crippen LogP contribution in [-0.2, 0) is 4.79 Å². The third-order valence-corrected chi connectivity index (χ3v) is 5.07. The van der Waals surface area contributed by atoms with Crippen molar-refractivity contribution in [1.82, 2.24) is 4.90 Å². The zero-order chi connectivity index (χ0) is 19.7. The standard InChI is InChI=1S/C21H21BrN2O3/c1-12(2)10-18(19(25)23-17-9-8-14(22)11-13(17)3)24-20(26)15-6-4-5-7-16(15)21(24)27/h4-9,11-12,18H,10H2,1-3H3,(H,23,25). The summed E-state index contributed by atoms with van der Waals surface area (Å²) in [4.78, 5) is 39.8. The molecule has 3 amide bonds. The van der Waals surface area contributed by atoms with Gasteiger partial charge in [-0.25, -0.2) is 0 Å². The van der Waals surface area contributed by atoms with E-state index in [-0.39, 0.29) is 11.8 Å². The van der Waals surface area contributed by atoms with Crippen molar-refractivity contribution in [2.45, 2.75) is 33.2 Å². The predicted molar refractivity (Wildman–Crippen MR) is 108 cm³/mol. The first-order valence-electron chi connectivity index (χ1n) is 8.83. The van der Waals surface area contributed by atoms with Crippen molar-refractivity contribution in [3.63, 3.8) is 0 Å². The average Bonchev–Trinajstić information content (AvgIpc) is 2.86. The van der Waals surface area contributed by atoms with Crippen LogP contribution in [0.3, 0.4) is 0 Å². The largest absolute Gasteiger partial charge is 0.324 e. The van der Waals surface area contributed by atoms with Gasteiger partial charge < -0.3 is 5.32 Å². The Morgan fingerprint density at radius 3 is 2.19 bits per heavy atom.